The molecule has 0 spiro atoms. The third kappa shape index (κ3) is 3.58. The Balaban J connectivity index is 2.19. The topological polar surface area (TPSA) is 12.9 Å². The Morgan fingerprint density at radius 3 is 2.07 bits per heavy atom. The van der Waals surface area contributed by atoms with Crippen LogP contribution in [-0.4, -0.2) is 4.98 Å². The van der Waals surface area contributed by atoms with Gasteiger partial charge in [0.05, 0.1) is 5.56 Å². The van der Waals surface area contributed by atoms with Crippen molar-refractivity contribution in [2.24, 2.45) is 0 Å². The normalized spacial score (nSPS) is 13.7. The standard InChI is InChI=1S/C23H24F3N/c1-5-16-13-27-17(12-22(16)23(24,25)26)11-21-15(4)20-10-8-7-9-19(20)14(3)18(21)6-2/h9-10,12-13H,3-8,11H2,1-2H3. The van der Waals surface area contributed by atoms with E-state index >= 15 is 0 Å². The van der Waals surface area contributed by atoms with Crippen LogP contribution in [-0.2, 0) is 25.4 Å². The van der Waals surface area contributed by atoms with Crippen LogP contribution in [0.25, 0.3) is 25.3 Å². The Kier molecular flexibility index (Phi) is 5.27. The van der Waals surface area contributed by atoms with Gasteiger partial charge in [0.15, 0.2) is 0 Å². The van der Waals surface area contributed by atoms with Crippen molar-refractivity contribution in [2.45, 2.75) is 52.1 Å². The van der Waals surface area contributed by atoms with E-state index in [1.165, 1.54) is 12.3 Å². The summed E-state index contributed by atoms with van der Waals surface area (Å²) in [6, 6.07) is 1.19. The lowest BCUT2D eigenvalue weighted by molar-refractivity contribution is -0.138. The van der Waals surface area contributed by atoms with Crippen molar-refractivity contribution in [3.8, 4) is 0 Å². The van der Waals surface area contributed by atoms with Gasteiger partial charge in [-0.15, -0.1) is 0 Å². The average Bonchev–Trinajstić information content (AvgIpc) is 2.65. The molecular weight excluding hydrogens is 347 g/mol. The monoisotopic (exact) mass is 371 g/mol. The van der Waals surface area contributed by atoms with Crippen molar-refractivity contribution in [3.05, 3.63) is 61.1 Å². The first-order valence-electron chi connectivity index (χ1n) is 9.34. The molecule has 0 radical (unpaired) electrons. The number of fused-ring (bicyclic) bond motifs is 1. The molecule has 1 aromatic carbocycles. The highest BCUT2D eigenvalue weighted by Crippen LogP contribution is 2.32. The fraction of sp³-hybridized carbons (Fsp3) is 0.348. The first kappa shape index (κ1) is 19.4. The Morgan fingerprint density at radius 2 is 1.56 bits per heavy atom. The van der Waals surface area contributed by atoms with Crippen molar-refractivity contribution in [3.63, 3.8) is 0 Å². The van der Waals surface area contributed by atoms with Crippen LogP contribution in [0, 0.1) is 0 Å². The van der Waals surface area contributed by atoms with E-state index in [4.69, 9.17) is 0 Å². The van der Waals surface area contributed by atoms with Crippen molar-refractivity contribution in [1.82, 2.24) is 4.98 Å². The van der Waals surface area contributed by atoms with Crippen LogP contribution in [0.5, 0.6) is 0 Å². The van der Waals surface area contributed by atoms with Crippen molar-refractivity contribution >= 4 is 25.3 Å². The second-order valence-corrected chi connectivity index (χ2v) is 6.94. The van der Waals surface area contributed by atoms with Crippen LogP contribution < -0.4 is 20.9 Å². The van der Waals surface area contributed by atoms with E-state index < -0.39 is 11.7 Å². The summed E-state index contributed by atoms with van der Waals surface area (Å²) in [5.74, 6) is 0. The summed E-state index contributed by atoms with van der Waals surface area (Å²) in [6.07, 6.45) is 4.64. The zero-order chi connectivity index (χ0) is 19.8. The molecule has 0 saturated heterocycles. The van der Waals surface area contributed by atoms with Gasteiger partial charge >= 0.3 is 6.18 Å². The summed E-state index contributed by atoms with van der Waals surface area (Å²) in [4.78, 5) is 4.31. The molecular formula is C23H24F3N. The molecule has 1 nitrogen and oxygen atoms in total. The lowest BCUT2D eigenvalue weighted by Crippen LogP contribution is -2.52. The van der Waals surface area contributed by atoms with Gasteiger partial charge in [-0.2, -0.15) is 13.2 Å². The van der Waals surface area contributed by atoms with E-state index in [-0.39, 0.29) is 5.56 Å². The maximum atomic E-state index is 13.4. The quantitative estimate of drug-likeness (QED) is 0.805. The molecule has 3 rings (SSSR count). The van der Waals surface area contributed by atoms with Crippen LogP contribution in [0.3, 0.4) is 0 Å². The molecule has 0 bridgehead atoms. The highest BCUT2D eigenvalue weighted by Gasteiger charge is 2.33. The van der Waals surface area contributed by atoms with Crippen LogP contribution in [0.15, 0.2) is 12.3 Å². The van der Waals surface area contributed by atoms with Crippen LogP contribution in [0.4, 0.5) is 13.2 Å². The highest BCUT2D eigenvalue weighted by atomic mass is 19.4. The van der Waals surface area contributed by atoms with Crippen molar-refractivity contribution < 1.29 is 13.2 Å². The Labute approximate surface area is 157 Å². The summed E-state index contributed by atoms with van der Waals surface area (Å²) in [6.45, 7) is 12.3. The highest BCUT2D eigenvalue weighted by molar-refractivity contribution is 5.47. The lowest BCUT2D eigenvalue weighted by atomic mass is 9.91. The number of pyridine rings is 1. The van der Waals surface area contributed by atoms with Gasteiger partial charge in [-0.25, -0.2) is 0 Å². The van der Waals surface area contributed by atoms with E-state index in [0.717, 1.165) is 51.3 Å². The van der Waals surface area contributed by atoms with E-state index in [9.17, 15) is 13.2 Å². The molecule has 0 aliphatic heterocycles. The van der Waals surface area contributed by atoms with Crippen molar-refractivity contribution in [1.29, 1.82) is 0 Å². The second kappa shape index (κ2) is 7.34. The molecule has 0 atom stereocenters. The number of benzene rings is 1. The van der Waals surface area contributed by atoms with E-state index in [1.54, 1.807) is 6.92 Å². The average molecular weight is 371 g/mol. The number of halogens is 3. The molecule has 1 heterocycles. The predicted molar refractivity (Wildman–Crippen MR) is 105 cm³/mol. The van der Waals surface area contributed by atoms with Gasteiger partial charge in [0.25, 0.3) is 0 Å². The van der Waals surface area contributed by atoms with Gasteiger partial charge in [0.1, 0.15) is 0 Å². The van der Waals surface area contributed by atoms with Crippen LogP contribution >= 0.6 is 0 Å². The lowest BCUT2D eigenvalue weighted by Gasteiger charge is -2.16. The van der Waals surface area contributed by atoms with Gasteiger partial charge in [0.2, 0.25) is 0 Å². The second-order valence-electron chi connectivity index (χ2n) is 6.94. The van der Waals surface area contributed by atoms with Gasteiger partial charge < -0.3 is 0 Å². The molecule has 0 saturated carbocycles. The third-order valence-corrected chi connectivity index (χ3v) is 5.34. The number of rotatable bonds is 4. The van der Waals surface area contributed by atoms with Gasteiger partial charge in [-0.05, 0) is 69.3 Å². The number of nitrogens with zero attached hydrogens (tertiary/aromatic N) is 1. The minimum atomic E-state index is -4.38. The third-order valence-electron chi connectivity index (χ3n) is 5.34. The Bertz CT molecular complexity index is 1090. The molecule has 27 heavy (non-hydrogen) atoms. The summed E-state index contributed by atoms with van der Waals surface area (Å²) in [5.41, 5.74) is 2.07. The molecule has 1 aliphatic carbocycles. The fourth-order valence-corrected chi connectivity index (χ4v) is 3.93. The maximum Gasteiger partial charge on any atom is 0.416 e. The number of aryl methyl sites for hydroxylation is 1. The molecule has 0 fully saturated rings. The summed E-state index contributed by atoms with van der Waals surface area (Å²) >= 11 is 0. The molecule has 142 valence electrons. The number of hydrogen-bond acceptors (Lipinski definition) is 1. The van der Waals surface area contributed by atoms with E-state index in [2.05, 4.69) is 30.3 Å². The van der Waals surface area contributed by atoms with Crippen LogP contribution in [0.2, 0.25) is 0 Å². The molecule has 0 unspecified atom stereocenters. The molecule has 4 heteroatoms. The molecule has 0 amide bonds. The van der Waals surface area contributed by atoms with E-state index in [1.807, 2.05) is 6.92 Å². The largest absolute Gasteiger partial charge is 0.416 e. The number of alkyl halides is 3. The van der Waals surface area contributed by atoms with Gasteiger partial charge in [-0.1, -0.05) is 39.2 Å². The Hall–Kier alpha value is -2.36. The molecule has 2 aromatic rings. The zero-order valence-corrected chi connectivity index (χ0v) is 15.8. The predicted octanol–water partition coefficient (Wildman–Crippen LogP) is 2.99. The molecule has 1 aliphatic rings. The summed E-state index contributed by atoms with van der Waals surface area (Å²) in [5, 5.41) is 4.05. The summed E-state index contributed by atoms with van der Waals surface area (Å²) < 4.78 is 40.2. The van der Waals surface area contributed by atoms with Gasteiger partial charge in [0, 0.05) is 18.3 Å². The minimum absolute atomic E-state index is 0.225. The molecule has 0 N–H and O–H groups in total. The summed E-state index contributed by atoms with van der Waals surface area (Å²) in [7, 11) is 0. The maximum absolute atomic E-state index is 13.4. The Morgan fingerprint density at radius 1 is 0.963 bits per heavy atom. The number of aromatic nitrogens is 1. The number of hydrogen-bond donors (Lipinski definition) is 0. The van der Waals surface area contributed by atoms with Crippen molar-refractivity contribution in [2.75, 3.05) is 0 Å². The fourth-order valence-electron chi connectivity index (χ4n) is 3.93. The zero-order valence-electron chi connectivity index (χ0n) is 15.8. The molecule has 1 aromatic heterocycles. The first-order chi connectivity index (χ1) is 12.8. The minimum Gasteiger partial charge on any atom is -0.261 e. The van der Waals surface area contributed by atoms with Crippen LogP contribution in [0.1, 0.15) is 54.6 Å². The smallest absolute Gasteiger partial charge is 0.261 e. The SMILES string of the molecule is C=c1c(CC)c(Cc2cc(C(F)(F)F)c(CC)cn2)c(=C)c2c1=CCCC=2. The van der Waals surface area contributed by atoms with Gasteiger partial charge in [-0.3, -0.25) is 4.98 Å². The first-order valence-corrected chi connectivity index (χ1v) is 9.34. The van der Waals surface area contributed by atoms with E-state index in [0.29, 0.717) is 18.5 Å².